The summed E-state index contributed by atoms with van der Waals surface area (Å²) in [5.74, 6) is -0.0492. The Bertz CT molecular complexity index is 532. The van der Waals surface area contributed by atoms with Crippen LogP contribution in [0.25, 0.3) is 0 Å². The molecule has 0 aromatic heterocycles. The molecular weight excluding hydrogens is 266 g/mol. The van der Waals surface area contributed by atoms with Gasteiger partial charge in [-0.25, -0.2) is 0 Å². The predicted octanol–water partition coefficient (Wildman–Crippen LogP) is 0.814. The van der Waals surface area contributed by atoms with Crippen LogP contribution in [0.5, 0.6) is 0 Å². The Kier molecular flexibility index (Phi) is 3.92. The zero-order chi connectivity index (χ0) is 14.8. The van der Waals surface area contributed by atoms with Crippen LogP contribution in [0, 0.1) is 5.92 Å². The summed E-state index contributed by atoms with van der Waals surface area (Å²) in [5.41, 5.74) is 6.78. The molecule has 3 N–H and O–H groups in total. The molecule has 1 aromatic rings. The van der Waals surface area contributed by atoms with Crippen molar-refractivity contribution in [3.8, 4) is 0 Å². The monoisotopic (exact) mass is 287 g/mol. The van der Waals surface area contributed by atoms with Crippen molar-refractivity contribution in [2.75, 3.05) is 13.1 Å². The van der Waals surface area contributed by atoms with Crippen LogP contribution in [0.3, 0.4) is 0 Å². The number of carbonyl (C=O) groups is 2. The van der Waals surface area contributed by atoms with Crippen molar-refractivity contribution in [1.82, 2.24) is 10.2 Å². The topological polar surface area (TPSA) is 75.4 Å². The van der Waals surface area contributed by atoms with Crippen LogP contribution in [-0.2, 0) is 9.59 Å². The van der Waals surface area contributed by atoms with E-state index in [1.165, 1.54) is 0 Å². The van der Waals surface area contributed by atoms with Crippen molar-refractivity contribution >= 4 is 11.8 Å². The highest BCUT2D eigenvalue weighted by Crippen LogP contribution is 2.31. The number of carbonyl (C=O) groups excluding carboxylic acids is 2. The van der Waals surface area contributed by atoms with Crippen molar-refractivity contribution in [3.63, 3.8) is 0 Å². The molecule has 1 aliphatic carbocycles. The van der Waals surface area contributed by atoms with E-state index in [0.29, 0.717) is 13.1 Å². The highest BCUT2D eigenvalue weighted by atomic mass is 16.2. The van der Waals surface area contributed by atoms with Crippen molar-refractivity contribution in [2.24, 2.45) is 11.7 Å². The van der Waals surface area contributed by atoms with Gasteiger partial charge in [-0.05, 0) is 24.8 Å². The lowest BCUT2D eigenvalue weighted by molar-refractivity contribution is -0.146. The maximum Gasteiger partial charge on any atom is 0.247 e. The zero-order valence-corrected chi connectivity index (χ0v) is 12.0. The number of benzene rings is 1. The Morgan fingerprint density at radius 1 is 1.24 bits per heavy atom. The average Bonchev–Trinajstić information content (AvgIpc) is 2.93. The summed E-state index contributed by atoms with van der Waals surface area (Å²) in [5, 5.41) is 2.86. The minimum Gasteiger partial charge on any atom is -0.352 e. The Labute approximate surface area is 124 Å². The van der Waals surface area contributed by atoms with Crippen molar-refractivity contribution in [3.05, 3.63) is 35.9 Å². The van der Waals surface area contributed by atoms with Gasteiger partial charge < -0.3 is 16.0 Å². The molecule has 0 unspecified atom stereocenters. The molecular formula is C16H21N3O2. The third-order valence-electron chi connectivity index (χ3n) is 4.43. The molecule has 2 aliphatic rings. The number of piperazine rings is 1. The van der Waals surface area contributed by atoms with Gasteiger partial charge in [0.15, 0.2) is 0 Å². The highest BCUT2D eigenvalue weighted by molar-refractivity contribution is 5.90. The van der Waals surface area contributed by atoms with Crippen LogP contribution >= 0.6 is 0 Å². The third kappa shape index (κ3) is 2.78. The van der Waals surface area contributed by atoms with Gasteiger partial charge >= 0.3 is 0 Å². The van der Waals surface area contributed by atoms with Gasteiger partial charge in [0.05, 0.1) is 0 Å². The van der Waals surface area contributed by atoms with E-state index in [1.807, 2.05) is 30.3 Å². The molecule has 1 aromatic carbocycles. The van der Waals surface area contributed by atoms with Gasteiger partial charge in [-0.1, -0.05) is 30.3 Å². The van der Waals surface area contributed by atoms with Gasteiger partial charge in [0.1, 0.15) is 6.04 Å². The number of rotatable bonds is 2. The summed E-state index contributed by atoms with van der Waals surface area (Å²) in [6.07, 6.45) is 2.46. The van der Waals surface area contributed by atoms with E-state index in [1.54, 1.807) is 4.90 Å². The van der Waals surface area contributed by atoms with Crippen molar-refractivity contribution < 1.29 is 9.59 Å². The van der Waals surface area contributed by atoms with Gasteiger partial charge in [-0.3, -0.25) is 9.59 Å². The maximum absolute atomic E-state index is 12.8. The fourth-order valence-corrected chi connectivity index (χ4v) is 3.35. The predicted molar refractivity (Wildman–Crippen MR) is 79.2 cm³/mol. The minimum atomic E-state index is -0.510. The minimum absolute atomic E-state index is 0.0305. The lowest BCUT2D eigenvalue weighted by atomic mass is 9.98. The molecule has 1 saturated carbocycles. The second-order valence-corrected chi connectivity index (χ2v) is 5.91. The first-order valence-electron chi connectivity index (χ1n) is 7.55. The fourth-order valence-electron chi connectivity index (χ4n) is 3.35. The van der Waals surface area contributed by atoms with Crippen LogP contribution in [0.2, 0.25) is 0 Å². The summed E-state index contributed by atoms with van der Waals surface area (Å²) < 4.78 is 0. The molecule has 21 heavy (non-hydrogen) atoms. The van der Waals surface area contributed by atoms with Crippen LogP contribution in [-0.4, -0.2) is 35.8 Å². The van der Waals surface area contributed by atoms with Gasteiger partial charge in [-0.2, -0.15) is 0 Å². The van der Waals surface area contributed by atoms with E-state index in [-0.39, 0.29) is 23.8 Å². The fraction of sp³-hybridized carbons (Fsp3) is 0.500. The van der Waals surface area contributed by atoms with Gasteiger partial charge in [-0.15, -0.1) is 0 Å². The van der Waals surface area contributed by atoms with E-state index < -0.39 is 6.04 Å². The second kappa shape index (κ2) is 5.85. The molecule has 0 spiro atoms. The standard InChI is InChI=1S/C16H21N3O2/c17-13-7-6-12(10-13)16(21)19-9-8-18-15(20)14(19)11-4-2-1-3-5-11/h1-5,12-14H,6-10,17H2,(H,18,20)/t12-,13+,14+/m0/s1. The maximum atomic E-state index is 12.8. The molecule has 5 nitrogen and oxygen atoms in total. The first-order chi connectivity index (χ1) is 10.2. The van der Waals surface area contributed by atoms with Crippen molar-refractivity contribution in [1.29, 1.82) is 0 Å². The quantitative estimate of drug-likeness (QED) is 0.845. The molecule has 0 bridgehead atoms. The highest BCUT2D eigenvalue weighted by Gasteiger charge is 2.38. The van der Waals surface area contributed by atoms with Crippen LogP contribution < -0.4 is 11.1 Å². The number of hydrogen-bond acceptors (Lipinski definition) is 3. The second-order valence-electron chi connectivity index (χ2n) is 5.91. The molecule has 2 amide bonds. The SMILES string of the molecule is N[C@@H]1CC[C@H](C(=O)N2CCNC(=O)[C@H]2c2ccccc2)C1. The summed E-state index contributed by atoms with van der Waals surface area (Å²) in [6, 6.07) is 9.10. The molecule has 1 saturated heterocycles. The summed E-state index contributed by atoms with van der Waals surface area (Å²) in [4.78, 5) is 26.8. The number of nitrogens with zero attached hydrogens (tertiary/aromatic N) is 1. The lowest BCUT2D eigenvalue weighted by Gasteiger charge is -2.36. The number of nitrogens with one attached hydrogen (secondary N) is 1. The number of nitrogens with two attached hydrogens (primary N) is 1. The van der Waals surface area contributed by atoms with E-state index in [2.05, 4.69) is 5.32 Å². The molecule has 1 aliphatic heterocycles. The van der Waals surface area contributed by atoms with Gasteiger partial charge in [0.25, 0.3) is 0 Å². The molecule has 112 valence electrons. The number of amides is 2. The lowest BCUT2D eigenvalue weighted by Crippen LogP contribution is -2.53. The molecule has 3 atom stereocenters. The van der Waals surface area contributed by atoms with Crippen LogP contribution in [0.15, 0.2) is 30.3 Å². The van der Waals surface area contributed by atoms with Gasteiger partial charge in [0, 0.05) is 25.0 Å². The summed E-state index contributed by atoms with van der Waals surface area (Å²) in [7, 11) is 0. The third-order valence-corrected chi connectivity index (χ3v) is 4.43. The Morgan fingerprint density at radius 2 is 2.00 bits per heavy atom. The van der Waals surface area contributed by atoms with E-state index in [0.717, 1.165) is 24.8 Å². The van der Waals surface area contributed by atoms with Crippen LogP contribution in [0.1, 0.15) is 30.9 Å². The average molecular weight is 287 g/mol. The smallest absolute Gasteiger partial charge is 0.247 e. The van der Waals surface area contributed by atoms with Gasteiger partial charge in [0.2, 0.25) is 11.8 Å². The molecule has 0 radical (unpaired) electrons. The first kappa shape index (κ1) is 14.1. The van der Waals surface area contributed by atoms with E-state index >= 15 is 0 Å². The molecule has 1 heterocycles. The molecule has 3 rings (SSSR count). The van der Waals surface area contributed by atoms with E-state index in [4.69, 9.17) is 5.73 Å². The summed E-state index contributed by atoms with van der Waals surface area (Å²) >= 11 is 0. The number of hydrogen-bond donors (Lipinski definition) is 2. The van der Waals surface area contributed by atoms with Crippen LogP contribution in [0.4, 0.5) is 0 Å². The molecule has 5 heteroatoms. The normalized spacial score (nSPS) is 29.3. The Balaban J connectivity index is 1.84. The first-order valence-corrected chi connectivity index (χ1v) is 7.55. The summed E-state index contributed by atoms with van der Waals surface area (Å²) in [6.45, 7) is 1.09. The van der Waals surface area contributed by atoms with Crippen molar-refractivity contribution in [2.45, 2.75) is 31.3 Å². The molecule has 2 fully saturated rings. The Hall–Kier alpha value is -1.88. The van der Waals surface area contributed by atoms with E-state index in [9.17, 15) is 9.59 Å². The zero-order valence-electron chi connectivity index (χ0n) is 12.0. The Morgan fingerprint density at radius 3 is 2.67 bits per heavy atom. The largest absolute Gasteiger partial charge is 0.352 e.